The van der Waals surface area contributed by atoms with Gasteiger partial charge in [0.1, 0.15) is 5.75 Å². The highest BCUT2D eigenvalue weighted by Crippen LogP contribution is 2.37. The monoisotopic (exact) mass is 520 g/mol. The van der Waals surface area contributed by atoms with Gasteiger partial charge in [0.25, 0.3) is 0 Å². The Hall–Kier alpha value is -3.08. The van der Waals surface area contributed by atoms with Crippen molar-refractivity contribution in [2.75, 3.05) is 19.8 Å². The third kappa shape index (κ3) is 10.4. The third-order valence-corrected chi connectivity index (χ3v) is 7.43. The molecule has 0 heterocycles. The maximum absolute atomic E-state index is 12.4. The van der Waals surface area contributed by atoms with Gasteiger partial charge in [0, 0.05) is 12.5 Å². The number of hydrogen-bond acceptors (Lipinski definition) is 5. The first-order valence-corrected chi connectivity index (χ1v) is 14.4. The Balaban J connectivity index is 1.28. The highest BCUT2D eigenvalue weighted by Gasteiger charge is 2.21. The molecule has 206 valence electrons. The minimum atomic E-state index is -0.375. The number of carbonyl (C=O) groups excluding carboxylic acids is 2. The molecule has 0 aromatic heterocycles. The van der Waals surface area contributed by atoms with E-state index in [4.69, 9.17) is 14.2 Å². The lowest BCUT2D eigenvalue weighted by molar-refractivity contribution is -0.137. The Morgan fingerprint density at radius 2 is 1.53 bits per heavy atom. The smallest absolute Gasteiger partial charge is 0.338 e. The van der Waals surface area contributed by atoms with E-state index in [0.717, 1.165) is 37.4 Å². The quantitative estimate of drug-likeness (QED) is 0.128. The van der Waals surface area contributed by atoms with Crippen molar-refractivity contribution < 1.29 is 23.8 Å². The molecule has 0 atom stereocenters. The lowest BCUT2D eigenvalue weighted by Crippen LogP contribution is -2.13. The van der Waals surface area contributed by atoms with Crippen LogP contribution in [0, 0.1) is 5.92 Å². The SMILES string of the molecule is C=CC(=O)OCCCCCCOc1ccc(C(=O)OCCc2ccc(C3CCC(CCC)CC3)cc2)cc1. The highest BCUT2D eigenvalue weighted by atomic mass is 16.5. The van der Waals surface area contributed by atoms with E-state index in [2.05, 4.69) is 37.8 Å². The van der Waals surface area contributed by atoms with Crippen LogP contribution in [0.2, 0.25) is 0 Å². The zero-order valence-electron chi connectivity index (χ0n) is 23.0. The number of carbonyl (C=O) groups is 2. The molecule has 1 fully saturated rings. The van der Waals surface area contributed by atoms with Crippen molar-refractivity contribution in [3.8, 4) is 5.75 Å². The van der Waals surface area contributed by atoms with Gasteiger partial charge in [-0.1, -0.05) is 50.6 Å². The van der Waals surface area contributed by atoms with E-state index in [-0.39, 0.29) is 11.9 Å². The summed E-state index contributed by atoms with van der Waals surface area (Å²) in [4.78, 5) is 23.4. The average molecular weight is 521 g/mol. The van der Waals surface area contributed by atoms with Gasteiger partial charge in [0.2, 0.25) is 0 Å². The zero-order chi connectivity index (χ0) is 27.0. The maximum atomic E-state index is 12.4. The summed E-state index contributed by atoms with van der Waals surface area (Å²) in [5.74, 6) is 1.68. The van der Waals surface area contributed by atoms with Crippen LogP contribution in [0.5, 0.6) is 5.75 Å². The second kappa shape index (κ2) is 16.7. The van der Waals surface area contributed by atoms with Crippen LogP contribution in [0.1, 0.15) is 98.5 Å². The summed E-state index contributed by atoms with van der Waals surface area (Å²) in [6.07, 6.45) is 13.6. The fourth-order valence-corrected chi connectivity index (χ4v) is 5.16. The summed E-state index contributed by atoms with van der Waals surface area (Å²) < 4.78 is 16.2. The van der Waals surface area contributed by atoms with Gasteiger partial charge < -0.3 is 14.2 Å². The second-order valence-electron chi connectivity index (χ2n) is 10.3. The van der Waals surface area contributed by atoms with Crippen molar-refractivity contribution in [3.05, 3.63) is 77.9 Å². The van der Waals surface area contributed by atoms with E-state index in [1.165, 1.54) is 55.7 Å². The molecule has 3 rings (SSSR count). The van der Waals surface area contributed by atoms with Crippen molar-refractivity contribution in [1.82, 2.24) is 0 Å². The third-order valence-electron chi connectivity index (χ3n) is 7.43. The molecule has 1 aliphatic rings. The first-order valence-electron chi connectivity index (χ1n) is 14.4. The van der Waals surface area contributed by atoms with E-state index in [0.29, 0.717) is 37.7 Å². The number of esters is 2. The van der Waals surface area contributed by atoms with Crippen LogP contribution in [0.15, 0.2) is 61.2 Å². The van der Waals surface area contributed by atoms with Crippen LogP contribution in [0.4, 0.5) is 0 Å². The van der Waals surface area contributed by atoms with Crippen molar-refractivity contribution in [1.29, 1.82) is 0 Å². The summed E-state index contributed by atoms with van der Waals surface area (Å²) >= 11 is 0. The predicted octanol–water partition coefficient (Wildman–Crippen LogP) is 7.83. The molecule has 1 aliphatic carbocycles. The number of rotatable bonds is 16. The summed E-state index contributed by atoms with van der Waals surface area (Å²) in [5, 5.41) is 0. The standard InChI is InChI=1S/C33H44O5/c1-3-9-26-10-14-28(15-11-26)29-16-12-27(13-17-29)22-25-38-33(35)30-18-20-31(21-19-30)36-23-7-5-6-8-24-37-32(34)4-2/h4,12-13,16-21,26,28H,2-3,5-11,14-15,22-25H2,1H3. The van der Waals surface area contributed by atoms with Crippen LogP contribution in [0.3, 0.4) is 0 Å². The van der Waals surface area contributed by atoms with Crippen LogP contribution in [-0.2, 0) is 20.7 Å². The fourth-order valence-electron chi connectivity index (χ4n) is 5.16. The second-order valence-corrected chi connectivity index (χ2v) is 10.3. The van der Waals surface area contributed by atoms with Gasteiger partial charge in [-0.15, -0.1) is 0 Å². The first-order chi connectivity index (χ1) is 18.6. The van der Waals surface area contributed by atoms with Crippen LogP contribution >= 0.6 is 0 Å². The Morgan fingerprint density at radius 1 is 0.842 bits per heavy atom. The number of benzene rings is 2. The molecule has 0 saturated heterocycles. The highest BCUT2D eigenvalue weighted by molar-refractivity contribution is 5.89. The summed E-state index contributed by atoms with van der Waals surface area (Å²) in [5.41, 5.74) is 3.18. The van der Waals surface area contributed by atoms with Crippen molar-refractivity contribution in [2.45, 2.75) is 83.5 Å². The molecule has 38 heavy (non-hydrogen) atoms. The normalized spacial score (nSPS) is 17.0. The van der Waals surface area contributed by atoms with Gasteiger partial charge >= 0.3 is 11.9 Å². The summed E-state index contributed by atoms with van der Waals surface area (Å²) in [6.45, 7) is 7.06. The Morgan fingerprint density at radius 3 is 2.18 bits per heavy atom. The Bertz CT molecular complexity index is 971. The van der Waals surface area contributed by atoms with Gasteiger partial charge in [-0.2, -0.15) is 0 Å². The molecule has 0 amide bonds. The number of ether oxygens (including phenoxy) is 3. The van der Waals surface area contributed by atoms with Crippen molar-refractivity contribution >= 4 is 11.9 Å². The molecule has 5 nitrogen and oxygen atoms in total. The topological polar surface area (TPSA) is 61.8 Å². The molecule has 0 bridgehead atoms. The fraction of sp³-hybridized carbons (Fsp3) is 0.515. The van der Waals surface area contributed by atoms with Crippen LogP contribution in [-0.4, -0.2) is 31.8 Å². The lowest BCUT2D eigenvalue weighted by atomic mass is 9.77. The van der Waals surface area contributed by atoms with Crippen LogP contribution < -0.4 is 4.74 Å². The average Bonchev–Trinajstić information content (AvgIpc) is 2.95. The summed E-state index contributed by atoms with van der Waals surface area (Å²) in [7, 11) is 0. The van der Waals surface area contributed by atoms with E-state index in [1.54, 1.807) is 24.3 Å². The van der Waals surface area contributed by atoms with Gasteiger partial charge in [-0.3, -0.25) is 0 Å². The molecule has 0 N–H and O–H groups in total. The molecule has 0 spiro atoms. The van der Waals surface area contributed by atoms with Gasteiger partial charge in [-0.05, 0) is 98.6 Å². The zero-order valence-corrected chi connectivity index (χ0v) is 23.0. The van der Waals surface area contributed by atoms with Crippen molar-refractivity contribution in [2.24, 2.45) is 5.92 Å². The molecule has 0 radical (unpaired) electrons. The lowest BCUT2D eigenvalue weighted by Gasteiger charge is -2.28. The molecule has 0 aliphatic heterocycles. The Kier molecular flexibility index (Phi) is 13.0. The minimum Gasteiger partial charge on any atom is -0.494 e. The van der Waals surface area contributed by atoms with E-state index < -0.39 is 0 Å². The molecule has 2 aromatic rings. The molecule has 5 heteroatoms. The van der Waals surface area contributed by atoms with E-state index in [1.807, 2.05) is 0 Å². The molecular weight excluding hydrogens is 476 g/mol. The van der Waals surface area contributed by atoms with Crippen molar-refractivity contribution in [3.63, 3.8) is 0 Å². The first kappa shape index (κ1) is 29.5. The molecule has 2 aromatic carbocycles. The largest absolute Gasteiger partial charge is 0.494 e. The molecule has 0 unspecified atom stereocenters. The van der Waals surface area contributed by atoms with E-state index in [9.17, 15) is 9.59 Å². The van der Waals surface area contributed by atoms with Gasteiger partial charge in [0.15, 0.2) is 0 Å². The van der Waals surface area contributed by atoms with E-state index >= 15 is 0 Å². The Labute approximate surface area is 228 Å². The molecule has 1 saturated carbocycles. The molecular formula is C33H44O5. The van der Waals surface area contributed by atoms with Gasteiger partial charge in [-0.25, -0.2) is 9.59 Å². The maximum Gasteiger partial charge on any atom is 0.338 e. The minimum absolute atomic E-state index is 0.311. The number of hydrogen-bond donors (Lipinski definition) is 0. The van der Waals surface area contributed by atoms with Gasteiger partial charge in [0.05, 0.1) is 25.4 Å². The number of unbranched alkanes of at least 4 members (excludes halogenated alkanes) is 3. The predicted molar refractivity (Wildman–Crippen MR) is 152 cm³/mol. The summed E-state index contributed by atoms with van der Waals surface area (Å²) in [6, 6.07) is 16.0. The van der Waals surface area contributed by atoms with Crippen LogP contribution in [0.25, 0.3) is 0 Å².